The van der Waals surface area contributed by atoms with Crippen LogP contribution in [-0.4, -0.2) is 4.98 Å². The van der Waals surface area contributed by atoms with E-state index in [4.69, 9.17) is 0 Å². The van der Waals surface area contributed by atoms with Crippen molar-refractivity contribution in [2.45, 2.75) is 20.8 Å². The molecule has 58 valence electrons. The van der Waals surface area contributed by atoms with Gasteiger partial charge in [-0.1, -0.05) is 12.1 Å². The summed E-state index contributed by atoms with van der Waals surface area (Å²) in [4.78, 5) is 4.28. The minimum Gasteiger partial charge on any atom is -0.256 e. The van der Waals surface area contributed by atoms with E-state index in [1.165, 1.54) is 11.1 Å². The van der Waals surface area contributed by atoms with E-state index < -0.39 is 0 Å². The molecule has 11 heavy (non-hydrogen) atoms. The van der Waals surface area contributed by atoms with E-state index in [1.807, 2.05) is 19.2 Å². The van der Waals surface area contributed by atoms with E-state index in [1.54, 1.807) is 0 Å². The summed E-state index contributed by atoms with van der Waals surface area (Å²) in [7, 11) is 0. The minimum atomic E-state index is 1.11. The SMILES string of the molecule is C/C=C(\C)c1ncccc1C. The van der Waals surface area contributed by atoms with Crippen LogP contribution in [0.15, 0.2) is 24.4 Å². The molecule has 0 N–H and O–H groups in total. The van der Waals surface area contributed by atoms with Crippen LogP contribution < -0.4 is 0 Å². The van der Waals surface area contributed by atoms with E-state index in [0.29, 0.717) is 0 Å². The maximum atomic E-state index is 4.28. The molecule has 1 aromatic rings. The summed E-state index contributed by atoms with van der Waals surface area (Å²) >= 11 is 0. The summed E-state index contributed by atoms with van der Waals surface area (Å²) in [5.41, 5.74) is 3.58. The smallest absolute Gasteiger partial charge is 0.0684 e. The lowest BCUT2D eigenvalue weighted by molar-refractivity contribution is 1.21. The van der Waals surface area contributed by atoms with Crippen molar-refractivity contribution in [3.63, 3.8) is 0 Å². The average molecular weight is 147 g/mol. The summed E-state index contributed by atoms with van der Waals surface area (Å²) in [5, 5.41) is 0. The van der Waals surface area contributed by atoms with Crippen molar-refractivity contribution in [1.82, 2.24) is 4.98 Å². The van der Waals surface area contributed by atoms with Crippen LogP contribution in [0.25, 0.3) is 5.57 Å². The topological polar surface area (TPSA) is 12.9 Å². The van der Waals surface area contributed by atoms with Crippen LogP contribution >= 0.6 is 0 Å². The predicted molar refractivity (Wildman–Crippen MR) is 48.3 cm³/mol. The van der Waals surface area contributed by atoms with Crippen LogP contribution in [0.5, 0.6) is 0 Å². The first-order valence-electron chi connectivity index (χ1n) is 3.80. The molecule has 0 aliphatic rings. The Morgan fingerprint density at radius 2 is 2.27 bits per heavy atom. The molecule has 0 spiro atoms. The Morgan fingerprint density at radius 3 is 2.82 bits per heavy atom. The van der Waals surface area contributed by atoms with E-state index in [2.05, 4.69) is 31.0 Å². The lowest BCUT2D eigenvalue weighted by Crippen LogP contribution is -1.88. The van der Waals surface area contributed by atoms with Crippen LogP contribution in [0, 0.1) is 6.92 Å². The zero-order valence-corrected chi connectivity index (χ0v) is 7.26. The van der Waals surface area contributed by atoms with Gasteiger partial charge in [0.2, 0.25) is 0 Å². The molecule has 0 aliphatic heterocycles. The van der Waals surface area contributed by atoms with Crippen molar-refractivity contribution in [3.8, 4) is 0 Å². The van der Waals surface area contributed by atoms with Gasteiger partial charge >= 0.3 is 0 Å². The molecule has 0 bridgehead atoms. The second-order valence-corrected chi connectivity index (χ2v) is 2.64. The number of aromatic nitrogens is 1. The molecule has 1 aromatic heterocycles. The molecule has 0 unspecified atom stereocenters. The van der Waals surface area contributed by atoms with Gasteiger partial charge in [0.25, 0.3) is 0 Å². The lowest BCUT2D eigenvalue weighted by Gasteiger charge is -2.02. The van der Waals surface area contributed by atoms with Gasteiger partial charge in [-0.05, 0) is 38.0 Å². The van der Waals surface area contributed by atoms with Crippen LogP contribution in [0.4, 0.5) is 0 Å². The third-order valence-corrected chi connectivity index (χ3v) is 1.82. The largest absolute Gasteiger partial charge is 0.256 e. The summed E-state index contributed by atoms with van der Waals surface area (Å²) in [6.07, 6.45) is 3.91. The Kier molecular flexibility index (Phi) is 2.42. The highest BCUT2D eigenvalue weighted by Crippen LogP contribution is 2.13. The van der Waals surface area contributed by atoms with Gasteiger partial charge in [-0.3, -0.25) is 4.98 Å². The number of hydrogen-bond donors (Lipinski definition) is 0. The van der Waals surface area contributed by atoms with E-state index in [-0.39, 0.29) is 0 Å². The summed E-state index contributed by atoms with van der Waals surface area (Å²) in [5.74, 6) is 0. The fourth-order valence-corrected chi connectivity index (χ4v) is 1.04. The number of hydrogen-bond acceptors (Lipinski definition) is 1. The number of nitrogens with zero attached hydrogens (tertiary/aromatic N) is 1. The van der Waals surface area contributed by atoms with Crippen LogP contribution in [-0.2, 0) is 0 Å². The van der Waals surface area contributed by atoms with Crippen molar-refractivity contribution in [2.24, 2.45) is 0 Å². The molecule has 1 heteroatoms. The van der Waals surface area contributed by atoms with Crippen LogP contribution in [0.1, 0.15) is 25.1 Å². The second kappa shape index (κ2) is 3.33. The Labute approximate surface area is 67.8 Å². The summed E-state index contributed by atoms with van der Waals surface area (Å²) in [6, 6.07) is 4.04. The molecular formula is C10H13N. The maximum Gasteiger partial charge on any atom is 0.0684 e. The van der Waals surface area contributed by atoms with Gasteiger partial charge in [0.05, 0.1) is 5.69 Å². The Hall–Kier alpha value is -1.11. The molecule has 1 rings (SSSR count). The molecule has 0 amide bonds. The average Bonchev–Trinajstić information content (AvgIpc) is 2.04. The molecule has 0 fully saturated rings. The third kappa shape index (κ3) is 1.67. The standard InChI is InChI=1S/C10H13N/c1-4-8(2)10-9(3)6-5-7-11-10/h4-7H,1-3H3/b8-4+. The number of allylic oxidation sites excluding steroid dienone is 2. The highest BCUT2D eigenvalue weighted by Gasteiger charge is 1.97. The van der Waals surface area contributed by atoms with Gasteiger partial charge < -0.3 is 0 Å². The van der Waals surface area contributed by atoms with Crippen molar-refractivity contribution < 1.29 is 0 Å². The number of aryl methyl sites for hydroxylation is 1. The zero-order valence-electron chi connectivity index (χ0n) is 7.26. The second-order valence-electron chi connectivity index (χ2n) is 2.64. The van der Waals surface area contributed by atoms with Gasteiger partial charge in [0, 0.05) is 6.20 Å². The molecule has 0 atom stereocenters. The van der Waals surface area contributed by atoms with Crippen molar-refractivity contribution in [1.29, 1.82) is 0 Å². The highest BCUT2D eigenvalue weighted by atomic mass is 14.7. The molecule has 0 radical (unpaired) electrons. The lowest BCUT2D eigenvalue weighted by atomic mass is 10.1. The van der Waals surface area contributed by atoms with Crippen molar-refractivity contribution >= 4 is 5.57 Å². The fraction of sp³-hybridized carbons (Fsp3) is 0.300. The van der Waals surface area contributed by atoms with Crippen LogP contribution in [0.2, 0.25) is 0 Å². The zero-order chi connectivity index (χ0) is 8.27. The first kappa shape index (κ1) is 7.99. The fourth-order valence-electron chi connectivity index (χ4n) is 1.04. The van der Waals surface area contributed by atoms with Gasteiger partial charge in [-0.2, -0.15) is 0 Å². The monoisotopic (exact) mass is 147 g/mol. The minimum absolute atomic E-state index is 1.11. The summed E-state index contributed by atoms with van der Waals surface area (Å²) in [6.45, 7) is 6.19. The molecule has 1 heterocycles. The Bertz CT molecular complexity index is 274. The van der Waals surface area contributed by atoms with Crippen molar-refractivity contribution in [2.75, 3.05) is 0 Å². The Morgan fingerprint density at radius 1 is 1.55 bits per heavy atom. The normalized spacial score (nSPS) is 11.7. The molecule has 0 aromatic carbocycles. The van der Waals surface area contributed by atoms with Gasteiger partial charge in [0.15, 0.2) is 0 Å². The van der Waals surface area contributed by atoms with Crippen LogP contribution in [0.3, 0.4) is 0 Å². The van der Waals surface area contributed by atoms with Crippen molar-refractivity contribution in [3.05, 3.63) is 35.7 Å². The van der Waals surface area contributed by atoms with Gasteiger partial charge in [-0.25, -0.2) is 0 Å². The van der Waals surface area contributed by atoms with Gasteiger partial charge in [0.1, 0.15) is 0 Å². The highest BCUT2D eigenvalue weighted by molar-refractivity contribution is 5.62. The number of pyridine rings is 1. The maximum absolute atomic E-state index is 4.28. The number of rotatable bonds is 1. The van der Waals surface area contributed by atoms with E-state index in [9.17, 15) is 0 Å². The molecule has 1 nitrogen and oxygen atoms in total. The van der Waals surface area contributed by atoms with E-state index >= 15 is 0 Å². The first-order chi connectivity index (χ1) is 5.25. The van der Waals surface area contributed by atoms with Gasteiger partial charge in [-0.15, -0.1) is 0 Å². The summed E-state index contributed by atoms with van der Waals surface area (Å²) < 4.78 is 0. The Balaban J connectivity index is 3.14. The molecule has 0 saturated heterocycles. The third-order valence-electron chi connectivity index (χ3n) is 1.82. The molecule has 0 aliphatic carbocycles. The predicted octanol–water partition coefficient (Wildman–Crippen LogP) is 2.81. The first-order valence-corrected chi connectivity index (χ1v) is 3.80. The molecule has 0 saturated carbocycles. The molecular weight excluding hydrogens is 134 g/mol. The van der Waals surface area contributed by atoms with E-state index in [0.717, 1.165) is 5.69 Å². The quantitative estimate of drug-likeness (QED) is 0.595.